The molecule has 1 heterocycles. The molecule has 2 rings (SSSR count). The fourth-order valence-corrected chi connectivity index (χ4v) is 3.61. The molecule has 2 atom stereocenters. The van der Waals surface area contributed by atoms with Gasteiger partial charge in [0.25, 0.3) is 0 Å². The highest BCUT2D eigenvalue weighted by Gasteiger charge is 2.27. The van der Waals surface area contributed by atoms with Crippen LogP contribution >= 0.6 is 0 Å². The zero-order valence-electron chi connectivity index (χ0n) is 16.0. The molecule has 0 spiro atoms. The molecule has 1 saturated heterocycles. The molecule has 25 heavy (non-hydrogen) atoms. The van der Waals surface area contributed by atoms with Crippen LogP contribution in [0.1, 0.15) is 51.7 Å². The van der Waals surface area contributed by atoms with Crippen LogP contribution in [0.15, 0.2) is 24.3 Å². The Bertz CT molecular complexity index is 574. The van der Waals surface area contributed by atoms with Gasteiger partial charge < -0.3 is 9.64 Å². The monoisotopic (exact) mass is 345 g/mol. The zero-order chi connectivity index (χ0) is 18.4. The van der Waals surface area contributed by atoms with Crippen molar-refractivity contribution in [3.8, 4) is 0 Å². The highest BCUT2D eigenvalue weighted by atomic mass is 16.6. The van der Waals surface area contributed by atoms with Gasteiger partial charge in [-0.3, -0.25) is 9.59 Å². The molecule has 0 amide bonds. The van der Waals surface area contributed by atoms with Crippen molar-refractivity contribution in [1.82, 2.24) is 4.90 Å². The van der Waals surface area contributed by atoms with Gasteiger partial charge in [0.05, 0.1) is 5.92 Å². The molecule has 0 radical (unpaired) electrons. The Morgan fingerprint density at radius 3 is 2.60 bits per heavy atom. The molecule has 1 fully saturated rings. The van der Waals surface area contributed by atoms with Gasteiger partial charge in [-0.1, -0.05) is 52.0 Å². The number of hydrogen-bond donors (Lipinski definition) is 0. The first kappa shape index (κ1) is 19.6. The summed E-state index contributed by atoms with van der Waals surface area (Å²) in [6.07, 6.45) is 2.82. The minimum Gasteiger partial charge on any atom is -0.395 e. The summed E-state index contributed by atoms with van der Waals surface area (Å²) in [5, 5.41) is 0. The number of piperidine rings is 1. The summed E-state index contributed by atoms with van der Waals surface area (Å²) < 4.78 is 4.52. The van der Waals surface area contributed by atoms with E-state index in [-0.39, 0.29) is 23.8 Å². The fraction of sp³-hybridized carbons (Fsp3) is 0.619. The molecule has 2 unspecified atom stereocenters. The highest BCUT2D eigenvalue weighted by Crippen LogP contribution is 2.24. The minimum absolute atomic E-state index is 0.169. The van der Waals surface area contributed by atoms with Gasteiger partial charge in [0.1, 0.15) is 0 Å². The first-order chi connectivity index (χ1) is 11.8. The van der Waals surface area contributed by atoms with Gasteiger partial charge in [-0.2, -0.15) is 0 Å². The second kappa shape index (κ2) is 8.61. The summed E-state index contributed by atoms with van der Waals surface area (Å²) >= 11 is 0. The van der Waals surface area contributed by atoms with Crippen LogP contribution in [-0.4, -0.2) is 37.0 Å². The normalized spacial score (nSPS) is 20.1. The van der Waals surface area contributed by atoms with E-state index in [1.165, 1.54) is 11.1 Å². The third-order valence-electron chi connectivity index (χ3n) is 4.98. The number of ether oxygens (including phenoxy) is 1. The van der Waals surface area contributed by atoms with Gasteiger partial charge in [0.15, 0.2) is 0 Å². The Kier molecular flexibility index (Phi) is 6.77. The summed E-state index contributed by atoms with van der Waals surface area (Å²) in [5.74, 6) is -0.0383. The predicted molar refractivity (Wildman–Crippen MR) is 99.3 cm³/mol. The highest BCUT2D eigenvalue weighted by molar-refractivity contribution is 5.78. The quantitative estimate of drug-likeness (QED) is 0.449. The molecular weight excluding hydrogens is 314 g/mol. The van der Waals surface area contributed by atoms with E-state index < -0.39 is 0 Å². The molecule has 1 aromatic carbocycles. The Morgan fingerprint density at radius 1 is 1.32 bits per heavy atom. The van der Waals surface area contributed by atoms with Gasteiger partial charge in [-0.05, 0) is 48.3 Å². The third-order valence-corrected chi connectivity index (χ3v) is 4.98. The summed E-state index contributed by atoms with van der Waals surface area (Å²) in [7, 11) is 0. The average Bonchev–Trinajstić information content (AvgIpc) is 2.55. The Balaban J connectivity index is 1.86. The van der Waals surface area contributed by atoms with Crippen molar-refractivity contribution in [2.24, 2.45) is 11.8 Å². The van der Waals surface area contributed by atoms with Gasteiger partial charge >= 0.3 is 12.4 Å². The van der Waals surface area contributed by atoms with E-state index in [9.17, 15) is 9.59 Å². The van der Waals surface area contributed by atoms with Crippen molar-refractivity contribution >= 4 is 12.4 Å². The standard InChI is InChI=1S/C21H31NO3/c1-16(12-17-7-9-19(10-8-17)21(2,3)4)13-22-11-5-6-18(14-22)20(24)25-15-23/h7-10,15-16,18H,5-6,11-14H2,1-4H3. The summed E-state index contributed by atoms with van der Waals surface area (Å²) in [5.41, 5.74) is 2.90. The van der Waals surface area contributed by atoms with E-state index in [2.05, 4.69) is 61.6 Å². The smallest absolute Gasteiger partial charge is 0.317 e. The maximum atomic E-state index is 11.8. The van der Waals surface area contributed by atoms with Crippen LogP contribution in [0, 0.1) is 11.8 Å². The number of hydrogen-bond acceptors (Lipinski definition) is 4. The lowest BCUT2D eigenvalue weighted by Crippen LogP contribution is -2.41. The fourth-order valence-electron chi connectivity index (χ4n) is 3.61. The van der Waals surface area contributed by atoms with E-state index >= 15 is 0 Å². The Hall–Kier alpha value is -1.68. The third kappa shape index (κ3) is 5.96. The molecule has 0 saturated carbocycles. The molecule has 138 valence electrons. The molecule has 4 heteroatoms. The number of esters is 1. The SMILES string of the molecule is CC(Cc1ccc(C(C)(C)C)cc1)CN1CCCC(C(=O)OC=O)C1. The van der Waals surface area contributed by atoms with Gasteiger partial charge in [0.2, 0.25) is 0 Å². The van der Waals surface area contributed by atoms with Crippen molar-refractivity contribution in [2.45, 2.75) is 52.4 Å². The maximum absolute atomic E-state index is 11.8. The molecule has 1 aliphatic rings. The minimum atomic E-state index is -0.384. The molecule has 1 aliphatic heterocycles. The van der Waals surface area contributed by atoms with E-state index in [4.69, 9.17) is 0 Å². The second-order valence-corrected chi connectivity index (χ2v) is 8.39. The van der Waals surface area contributed by atoms with Crippen molar-refractivity contribution in [1.29, 1.82) is 0 Å². The first-order valence-corrected chi connectivity index (χ1v) is 9.25. The largest absolute Gasteiger partial charge is 0.395 e. The van der Waals surface area contributed by atoms with Crippen LogP contribution in [0.4, 0.5) is 0 Å². The average molecular weight is 345 g/mol. The van der Waals surface area contributed by atoms with Crippen LogP contribution in [0.2, 0.25) is 0 Å². The van der Waals surface area contributed by atoms with E-state index in [1.807, 2.05) is 0 Å². The zero-order valence-corrected chi connectivity index (χ0v) is 16.0. The number of likely N-dealkylation sites (tertiary alicyclic amines) is 1. The number of carbonyl (C=O) groups excluding carboxylic acids is 2. The summed E-state index contributed by atoms with van der Waals surface area (Å²) in [6, 6.07) is 8.93. The number of rotatable bonds is 6. The Labute approximate surface area is 151 Å². The Morgan fingerprint density at radius 2 is 2.00 bits per heavy atom. The van der Waals surface area contributed by atoms with Gasteiger partial charge in [-0.25, -0.2) is 0 Å². The molecule has 1 aromatic rings. The lowest BCUT2D eigenvalue weighted by molar-refractivity contribution is -0.156. The van der Waals surface area contributed by atoms with Crippen LogP contribution in [0.3, 0.4) is 0 Å². The van der Waals surface area contributed by atoms with Gasteiger partial charge in [0, 0.05) is 13.1 Å². The van der Waals surface area contributed by atoms with Crippen molar-refractivity contribution in [2.75, 3.05) is 19.6 Å². The topological polar surface area (TPSA) is 46.6 Å². The van der Waals surface area contributed by atoms with E-state index in [0.29, 0.717) is 12.5 Å². The van der Waals surface area contributed by atoms with E-state index in [1.54, 1.807) is 0 Å². The summed E-state index contributed by atoms with van der Waals surface area (Å²) in [4.78, 5) is 24.4. The molecular formula is C21H31NO3. The number of benzene rings is 1. The molecule has 0 bridgehead atoms. The predicted octanol–water partition coefficient (Wildman–Crippen LogP) is 3.57. The second-order valence-electron chi connectivity index (χ2n) is 8.39. The molecule has 4 nitrogen and oxygen atoms in total. The first-order valence-electron chi connectivity index (χ1n) is 9.25. The van der Waals surface area contributed by atoms with Crippen LogP contribution in [0.5, 0.6) is 0 Å². The van der Waals surface area contributed by atoms with Crippen molar-refractivity contribution in [3.05, 3.63) is 35.4 Å². The summed E-state index contributed by atoms with van der Waals surface area (Å²) in [6.45, 7) is 11.9. The molecule has 0 aliphatic carbocycles. The van der Waals surface area contributed by atoms with Crippen LogP contribution < -0.4 is 0 Å². The van der Waals surface area contributed by atoms with E-state index in [0.717, 1.165) is 32.4 Å². The van der Waals surface area contributed by atoms with Gasteiger partial charge in [-0.15, -0.1) is 0 Å². The van der Waals surface area contributed by atoms with Crippen molar-refractivity contribution < 1.29 is 14.3 Å². The lowest BCUT2D eigenvalue weighted by atomic mass is 9.86. The number of nitrogens with zero attached hydrogens (tertiary/aromatic N) is 1. The lowest BCUT2D eigenvalue weighted by Gasteiger charge is -2.33. The number of carbonyl (C=O) groups is 2. The molecule has 0 N–H and O–H groups in total. The maximum Gasteiger partial charge on any atom is 0.317 e. The van der Waals surface area contributed by atoms with Crippen LogP contribution in [-0.2, 0) is 26.2 Å². The van der Waals surface area contributed by atoms with Crippen LogP contribution in [0.25, 0.3) is 0 Å². The molecule has 0 aromatic heterocycles. The van der Waals surface area contributed by atoms with Crippen molar-refractivity contribution in [3.63, 3.8) is 0 Å².